The van der Waals surface area contributed by atoms with Gasteiger partial charge in [-0.1, -0.05) is 12.1 Å². The highest BCUT2D eigenvalue weighted by Crippen LogP contribution is 2.13. The Morgan fingerprint density at radius 3 is 2.50 bits per heavy atom. The first-order chi connectivity index (χ1) is 9.36. The zero-order chi connectivity index (χ0) is 15.2. The Balaban J connectivity index is 2.74. The number of nitriles is 1. The third kappa shape index (κ3) is 4.34. The normalized spacial score (nSPS) is 10.6. The van der Waals surface area contributed by atoms with Crippen LogP contribution in [0.3, 0.4) is 0 Å². The molecule has 0 radical (unpaired) electrons. The Labute approximate surface area is 115 Å². The molecule has 1 aromatic rings. The Bertz CT molecular complexity index is 663. The Kier molecular flexibility index (Phi) is 5.19. The maximum Gasteiger partial charge on any atom is 0.322 e. The average molecular weight is 297 g/mol. The largest absolute Gasteiger partial charge is 0.480 e. The van der Waals surface area contributed by atoms with Gasteiger partial charge in [0.25, 0.3) is 0 Å². The molecule has 0 aromatic heterocycles. The van der Waals surface area contributed by atoms with E-state index in [0.29, 0.717) is 0 Å². The van der Waals surface area contributed by atoms with E-state index in [-0.39, 0.29) is 10.5 Å². The van der Waals surface area contributed by atoms with Crippen LogP contribution in [0.25, 0.3) is 0 Å². The lowest BCUT2D eigenvalue weighted by molar-refractivity contribution is -0.137. The van der Waals surface area contributed by atoms with E-state index < -0.39 is 35.0 Å². The molecule has 9 heteroatoms. The minimum Gasteiger partial charge on any atom is -0.480 e. The fraction of sp³-hybridized carbons (Fsp3) is 0.182. The van der Waals surface area contributed by atoms with Crippen LogP contribution in [0, 0.1) is 11.3 Å². The molecule has 1 aromatic carbocycles. The van der Waals surface area contributed by atoms with Crippen molar-refractivity contribution in [3.63, 3.8) is 0 Å². The van der Waals surface area contributed by atoms with Gasteiger partial charge in [-0.05, 0) is 12.1 Å². The van der Waals surface area contributed by atoms with Gasteiger partial charge in [-0.15, -0.1) is 0 Å². The van der Waals surface area contributed by atoms with Crippen molar-refractivity contribution in [2.24, 2.45) is 0 Å². The van der Waals surface area contributed by atoms with E-state index >= 15 is 0 Å². The number of carbonyl (C=O) groups excluding carboxylic acids is 1. The van der Waals surface area contributed by atoms with Gasteiger partial charge in [-0.2, -0.15) is 5.26 Å². The van der Waals surface area contributed by atoms with E-state index in [1.54, 1.807) is 6.07 Å². The van der Waals surface area contributed by atoms with Gasteiger partial charge in [0.2, 0.25) is 15.9 Å². The number of rotatable bonds is 6. The van der Waals surface area contributed by atoms with Crippen LogP contribution in [0.15, 0.2) is 29.2 Å². The minimum absolute atomic E-state index is 0.0501. The monoisotopic (exact) mass is 297 g/mol. The molecular formula is C11H11N3O5S. The van der Waals surface area contributed by atoms with Gasteiger partial charge in [0.05, 0.1) is 17.0 Å². The molecule has 0 fully saturated rings. The topological polar surface area (TPSA) is 136 Å². The van der Waals surface area contributed by atoms with Gasteiger partial charge in [-0.25, -0.2) is 13.1 Å². The lowest BCUT2D eigenvalue weighted by Crippen LogP contribution is -2.39. The third-order valence-corrected chi connectivity index (χ3v) is 3.62. The number of hydrogen-bond donors (Lipinski definition) is 3. The number of benzene rings is 1. The van der Waals surface area contributed by atoms with Crippen LogP contribution in [0.5, 0.6) is 0 Å². The summed E-state index contributed by atoms with van der Waals surface area (Å²) in [7, 11) is -4.02. The minimum atomic E-state index is -4.02. The highest BCUT2D eigenvalue weighted by molar-refractivity contribution is 7.89. The van der Waals surface area contributed by atoms with Gasteiger partial charge >= 0.3 is 5.97 Å². The molecule has 0 aliphatic rings. The lowest BCUT2D eigenvalue weighted by atomic mass is 10.2. The molecule has 0 heterocycles. The van der Waals surface area contributed by atoms with Crippen molar-refractivity contribution in [1.82, 2.24) is 10.0 Å². The van der Waals surface area contributed by atoms with E-state index in [0.717, 1.165) is 0 Å². The van der Waals surface area contributed by atoms with E-state index in [4.69, 9.17) is 10.4 Å². The lowest BCUT2D eigenvalue weighted by Gasteiger charge is -2.07. The molecule has 0 unspecified atom stereocenters. The number of sulfonamides is 1. The summed E-state index contributed by atoms with van der Waals surface area (Å²) in [5.41, 5.74) is -0.0501. The van der Waals surface area contributed by atoms with Crippen molar-refractivity contribution < 1.29 is 23.1 Å². The van der Waals surface area contributed by atoms with Gasteiger partial charge in [0.1, 0.15) is 12.6 Å². The quantitative estimate of drug-likeness (QED) is 0.618. The number of carbonyl (C=O) groups is 2. The third-order valence-electron chi connectivity index (χ3n) is 2.16. The summed E-state index contributed by atoms with van der Waals surface area (Å²) >= 11 is 0. The summed E-state index contributed by atoms with van der Waals surface area (Å²) in [6.45, 7) is -1.22. The Morgan fingerprint density at radius 1 is 1.25 bits per heavy atom. The molecule has 0 atom stereocenters. The Morgan fingerprint density at radius 2 is 1.90 bits per heavy atom. The molecule has 1 rings (SSSR count). The van der Waals surface area contributed by atoms with Crippen molar-refractivity contribution >= 4 is 21.9 Å². The first-order valence-electron chi connectivity index (χ1n) is 5.34. The van der Waals surface area contributed by atoms with Crippen molar-refractivity contribution in [3.05, 3.63) is 29.8 Å². The predicted octanol–water partition coefficient (Wildman–Crippen LogP) is -0.963. The summed E-state index contributed by atoms with van der Waals surface area (Å²) in [5.74, 6) is -2.03. The number of nitrogens with one attached hydrogen (secondary N) is 2. The van der Waals surface area contributed by atoms with Crippen LogP contribution in [-0.4, -0.2) is 38.5 Å². The van der Waals surface area contributed by atoms with Crippen LogP contribution in [-0.2, 0) is 19.6 Å². The number of carboxylic acid groups (broad SMARTS) is 1. The molecule has 106 valence electrons. The molecule has 0 saturated carbocycles. The summed E-state index contributed by atoms with van der Waals surface area (Å²) in [4.78, 5) is 21.2. The molecule has 0 spiro atoms. The van der Waals surface area contributed by atoms with E-state index in [9.17, 15) is 18.0 Å². The molecule has 0 aliphatic heterocycles. The highest BCUT2D eigenvalue weighted by Gasteiger charge is 2.19. The molecule has 0 bridgehead atoms. The smallest absolute Gasteiger partial charge is 0.322 e. The van der Waals surface area contributed by atoms with E-state index in [1.807, 2.05) is 10.0 Å². The summed E-state index contributed by atoms with van der Waals surface area (Å²) in [6.07, 6.45) is 0. The molecule has 3 N–H and O–H groups in total. The fourth-order valence-corrected chi connectivity index (χ4v) is 2.41. The second-order valence-electron chi connectivity index (χ2n) is 3.60. The number of hydrogen-bond acceptors (Lipinski definition) is 5. The van der Waals surface area contributed by atoms with Crippen molar-refractivity contribution in [3.8, 4) is 6.07 Å². The molecule has 1 amide bonds. The maximum atomic E-state index is 11.9. The van der Waals surface area contributed by atoms with Crippen molar-refractivity contribution in [2.75, 3.05) is 13.1 Å². The number of amides is 1. The van der Waals surface area contributed by atoms with Crippen molar-refractivity contribution in [1.29, 1.82) is 5.26 Å². The standard InChI is InChI=1S/C11H11N3O5S/c12-5-8-3-1-2-4-9(8)20(18,19)14-6-10(15)13-7-11(16)17/h1-4,14H,6-7H2,(H,13,15)(H,16,17). The van der Waals surface area contributed by atoms with E-state index in [1.165, 1.54) is 24.3 Å². The molecular weight excluding hydrogens is 286 g/mol. The molecule has 8 nitrogen and oxygen atoms in total. The first-order valence-corrected chi connectivity index (χ1v) is 6.82. The maximum absolute atomic E-state index is 11.9. The van der Waals surface area contributed by atoms with Gasteiger partial charge in [-0.3, -0.25) is 9.59 Å². The average Bonchev–Trinajstić information content (AvgIpc) is 2.43. The predicted molar refractivity (Wildman–Crippen MR) is 67.0 cm³/mol. The van der Waals surface area contributed by atoms with Gasteiger partial charge in [0, 0.05) is 0 Å². The fourth-order valence-electron chi connectivity index (χ4n) is 1.27. The van der Waals surface area contributed by atoms with Gasteiger partial charge in [0.15, 0.2) is 0 Å². The molecule has 0 aliphatic carbocycles. The number of carboxylic acids is 1. The SMILES string of the molecule is N#Cc1ccccc1S(=O)(=O)NCC(=O)NCC(=O)O. The van der Waals surface area contributed by atoms with Crippen LogP contribution in [0.4, 0.5) is 0 Å². The first kappa shape index (κ1) is 15.6. The van der Waals surface area contributed by atoms with Crippen LogP contribution in [0.1, 0.15) is 5.56 Å². The summed E-state index contributed by atoms with van der Waals surface area (Å²) in [6, 6.07) is 7.25. The number of aliphatic carboxylic acids is 1. The second-order valence-corrected chi connectivity index (χ2v) is 5.34. The zero-order valence-electron chi connectivity index (χ0n) is 10.2. The number of nitrogens with zero attached hydrogens (tertiary/aromatic N) is 1. The summed E-state index contributed by atoms with van der Waals surface area (Å²) in [5, 5.41) is 19.2. The highest BCUT2D eigenvalue weighted by atomic mass is 32.2. The Hall–Kier alpha value is -2.44. The summed E-state index contributed by atoms with van der Waals surface area (Å²) < 4.78 is 25.8. The zero-order valence-corrected chi connectivity index (χ0v) is 11.0. The van der Waals surface area contributed by atoms with Crippen molar-refractivity contribution in [2.45, 2.75) is 4.90 Å². The van der Waals surface area contributed by atoms with Crippen LogP contribution < -0.4 is 10.0 Å². The second kappa shape index (κ2) is 6.65. The van der Waals surface area contributed by atoms with Gasteiger partial charge < -0.3 is 10.4 Å². The van der Waals surface area contributed by atoms with Crippen LogP contribution >= 0.6 is 0 Å². The van der Waals surface area contributed by atoms with E-state index in [2.05, 4.69) is 0 Å². The molecule has 20 heavy (non-hydrogen) atoms. The molecule has 0 saturated heterocycles. The van der Waals surface area contributed by atoms with Crippen LogP contribution in [0.2, 0.25) is 0 Å².